The van der Waals surface area contributed by atoms with Crippen molar-refractivity contribution in [2.45, 2.75) is 51.9 Å². The molecule has 0 spiro atoms. The molecule has 4 heteroatoms. The number of nitrogens with zero attached hydrogens (tertiary/aromatic N) is 1. The third kappa shape index (κ3) is 6.38. The van der Waals surface area contributed by atoms with Crippen LogP contribution >= 0.6 is 11.8 Å². The number of rotatable bonds is 8. The zero-order valence-electron chi connectivity index (χ0n) is 10.9. The van der Waals surface area contributed by atoms with Gasteiger partial charge in [0, 0.05) is 24.8 Å². The maximum absolute atomic E-state index is 11.7. The molecule has 2 atom stereocenters. The maximum Gasteiger partial charge on any atom is 0.222 e. The van der Waals surface area contributed by atoms with E-state index < -0.39 is 0 Å². The van der Waals surface area contributed by atoms with Gasteiger partial charge in [-0.25, -0.2) is 0 Å². The second kappa shape index (κ2) is 8.88. The third-order valence-corrected chi connectivity index (χ3v) is 4.16. The van der Waals surface area contributed by atoms with Crippen molar-refractivity contribution in [3.63, 3.8) is 0 Å². The van der Waals surface area contributed by atoms with Gasteiger partial charge in [0.05, 0.1) is 6.10 Å². The molecule has 0 aromatic carbocycles. The van der Waals surface area contributed by atoms with Crippen LogP contribution < -0.4 is 0 Å². The van der Waals surface area contributed by atoms with Crippen LogP contribution in [0.15, 0.2) is 0 Å². The Labute approximate surface area is 104 Å². The normalized spacial score (nSPS) is 14.6. The average Bonchev–Trinajstić information content (AvgIpc) is 2.25. The van der Waals surface area contributed by atoms with E-state index in [1.54, 1.807) is 18.7 Å². The van der Waals surface area contributed by atoms with E-state index >= 15 is 0 Å². The summed E-state index contributed by atoms with van der Waals surface area (Å²) in [5.41, 5.74) is 0. The molecule has 0 aromatic heterocycles. The molecule has 96 valence electrons. The van der Waals surface area contributed by atoms with Crippen molar-refractivity contribution in [1.82, 2.24) is 4.90 Å². The molecule has 0 rings (SSSR count). The quantitative estimate of drug-likeness (QED) is 0.668. The Morgan fingerprint density at radius 2 is 1.88 bits per heavy atom. The molecule has 0 aromatic rings. The molecule has 1 N–H and O–H groups in total. The summed E-state index contributed by atoms with van der Waals surface area (Å²) in [5, 5.41) is 9.55. The van der Waals surface area contributed by atoms with Crippen LogP contribution in [0, 0.1) is 0 Å². The number of amides is 1. The fraction of sp³-hybridized carbons (Fsp3) is 0.917. The molecule has 0 saturated carbocycles. The zero-order valence-corrected chi connectivity index (χ0v) is 11.7. The van der Waals surface area contributed by atoms with Gasteiger partial charge in [-0.3, -0.25) is 4.79 Å². The van der Waals surface area contributed by atoms with Gasteiger partial charge < -0.3 is 10.0 Å². The van der Waals surface area contributed by atoms with E-state index in [9.17, 15) is 9.90 Å². The Kier molecular flexibility index (Phi) is 8.76. The van der Waals surface area contributed by atoms with Crippen molar-refractivity contribution in [3.8, 4) is 0 Å². The molecule has 0 heterocycles. The van der Waals surface area contributed by atoms with Crippen molar-refractivity contribution >= 4 is 17.7 Å². The Bertz CT molecular complexity index is 193. The summed E-state index contributed by atoms with van der Waals surface area (Å²) in [6, 6.07) is 0. The van der Waals surface area contributed by atoms with Crippen LogP contribution in [0.3, 0.4) is 0 Å². The molecule has 3 nitrogen and oxygen atoms in total. The lowest BCUT2D eigenvalue weighted by Crippen LogP contribution is -2.30. The van der Waals surface area contributed by atoms with E-state index in [1.165, 1.54) is 0 Å². The highest BCUT2D eigenvalue weighted by atomic mass is 32.2. The van der Waals surface area contributed by atoms with Crippen molar-refractivity contribution in [2.75, 3.05) is 18.8 Å². The summed E-state index contributed by atoms with van der Waals surface area (Å²) in [6.07, 6.45) is 1.25. The van der Waals surface area contributed by atoms with Crippen LogP contribution in [-0.2, 0) is 4.79 Å². The lowest BCUT2D eigenvalue weighted by molar-refractivity contribution is -0.130. The molecule has 1 amide bonds. The minimum atomic E-state index is -0.275. The Hall–Kier alpha value is -0.220. The molecule has 0 fully saturated rings. The highest BCUT2D eigenvalue weighted by molar-refractivity contribution is 7.99. The second-order valence-corrected chi connectivity index (χ2v) is 5.47. The zero-order chi connectivity index (χ0) is 12.6. The van der Waals surface area contributed by atoms with Crippen molar-refractivity contribution in [1.29, 1.82) is 0 Å². The second-order valence-electron chi connectivity index (χ2n) is 3.99. The fourth-order valence-corrected chi connectivity index (χ4v) is 2.33. The summed E-state index contributed by atoms with van der Waals surface area (Å²) < 4.78 is 0. The van der Waals surface area contributed by atoms with Gasteiger partial charge in [0.15, 0.2) is 0 Å². The van der Waals surface area contributed by atoms with Gasteiger partial charge in [0.25, 0.3) is 0 Å². The molecule has 0 aliphatic carbocycles. The number of hydrogen-bond donors (Lipinski definition) is 1. The first-order chi connectivity index (χ1) is 7.52. The highest BCUT2D eigenvalue weighted by Crippen LogP contribution is 2.16. The maximum atomic E-state index is 11.7. The van der Waals surface area contributed by atoms with Gasteiger partial charge in [-0.15, -0.1) is 0 Å². The van der Waals surface area contributed by atoms with E-state index in [-0.39, 0.29) is 17.3 Å². The lowest BCUT2D eigenvalue weighted by atomic mass is 10.3. The Morgan fingerprint density at radius 1 is 1.31 bits per heavy atom. The smallest absolute Gasteiger partial charge is 0.222 e. The molecule has 0 saturated heterocycles. The van der Waals surface area contributed by atoms with Gasteiger partial charge in [0.1, 0.15) is 0 Å². The van der Waals surface area contributed by atoms with Gasteiger partial charge >= 0.3 is 0 Å². The largest absolute Gasteiger partial charge is 0.392 e. The fourth-order valence-electron chi connectivity index (χ4n) is 1.37. The van der Waals surface area contributed by atoms with Crippen molar-refractivity contribution < 1.29 is 9.90 Å². The standard InChI is InChI=1S/C12H25NO2S/c1-5-13(6-2)12(15)8-7-9-16-11(4)10(3)14/h10-11,14H,5-9H2,1-4H3. The summed E-state index contributed by atoms with van der Waals surface area (Å²) in [5.74, 6) is 1.19. The highest BCUT2D eigenvalue weighted by Gasteiger charge is 2.11. The van der Waals surface area contributed by atoms with Crippen LogP contribution in [0.2, 0.25) is 0 Å². The molecule has 0 aliphatic heterocycles. The lowest BCUT2D eigenvalue weighted by Gasteiger charge is -2.19. The van der Waals surface area contributed by atoms with Crippen LogP contribution in [0.4, 0.5) is 0 Å². The summed E-state index contributed by atoms with van der Waals surface area (Å²) in [4.78, 5) is 13.5. The summed E-state index contributed by atoms with van der Waals surface area (Å²) >= 11 is 1.73. The van der Waals surface area contributed by atoms with E-state index in [4.69, 9.17) is 0 Å². The number of carbonyl (C=O) groups excluding carboxylic acids is 1. The number of aliphatic hydroxyl groups is 1. The molecule has 0 bridgehead atoms. The van der Waals surface area contributed by atoms with Crippen LogP contribution in [-0.4, -0.2) is 46.1 Å². The predicted molar refractivity (Wildman–Crippen MR) is 70.8 cm³/mol. The van der Waals surface area contributed by atoms with E-state index in [0.29, 0.717) is 6.42 Å². The van der Waals surface area contributed by atoms with Gasteiger partial charge in [-0.1, -0.05) is 6.92 Å². The minimum Gasteiger partial charge on any atom is -0.392 e. The third-order valence-electron chi connectivity index (χ3n) is 2.71. The van der Waals surface area contributed by atoms with Gasteiger partial charge in [-0.05, 0) is 32.9 Å². The topological polar surface area (TPSA) is 40.5 Å². The van der Waals surface area contributed by atoms with E-state index in [2.05, 4.69) is 0 Å². The van der Waals surface area contributed by atoms with Gasteiger partial charge in [0.2, 0.25) is 5.91 Å². The van der Waals surface area contributed by atoms with Crippen LogP contribution in [0.1, 0.15) is 40.5 Å². The van der Waals surface area contributed by atoms with E-state index in [1.807, 2.05) is 25.7 Å². The van der Waals surface area contributed by atoms with Gasteiger partial charge in [-0.2, -0.15) is 11.8 Å². The molecule has 16 heavy (non-hydrogen) atoms. The predicted octanol–water partition coefficient (Wildman–Crippen LogP) is 2.14. The number of thioether (sulfide) groups is 1. The Morgan fingerprint density at radius 3 is 2.31 bits per heavy atom. The number of hydrogen-bond acceptors (Lipinski definition) is 3. The van der Waals surface area contributed by atoms with E-state index in [0.717, 1.165) is 25.3 Å². The summed E-state index contributed by atoms with van der Waals surface area (Å²) in [7, 11) is 0. The van der Waals surface area contributed by atoms with Crippen LogP contribution in [0.25, 0.3) is 0 Å². The number of aliphatic hydroxyl groups excluding tert-OH is 1. The average molecular weight is 247 g/mol. The molecule has 0 radical (unpaired) electrons. The SMILES string of the molecule is CCN(CC)C(=O)CCCSC(C)C(C)O. The van der Waals surface area contributed by atoms with Crippen molar-refractivity contribution in [3.05, 3.63) is 0 Å². The first-order valence-electron chi connectivity index (χ1n) is 6.10. The minimum absolute atomic E-state index is 0.246. The van der Waals surface area contributed by atoms with Crippen molar-refractivity contribution in [2.24, 2.45) is 0 Å². The first-order valence-corrected chi connectivity index (χ1v) is 7.15. The first kappa shape index (κ1) is 15.8. The molecule has 2 unspecified atom stereocenters. The summed E-state index contributed by atoms with van der Waals surface area (Å²) in [6.45, 7) is 9.43. The molecular formula is C12H25NO2S. The molecule has 0 aliphatic rings. The Balaban J connectivity index is 3.62. The number of carbonyl (C=O) groups is 1. The molecular weight excluding hydrogens is 222 g/mol. The van der Waals surface area contributed by atoms with Crippen LogP contribution in [0.5, 0.6) is 0 Å². The monoisotopic (exact) mass is 247 g/mol.